The standard InChI is InChI=1S/C17H19F3N8O2S/c1-27-8-14(24-10-27)31(29,30)28-4-2-11(3-5-28)25-16-22-6-12(17(18,19)20)15(26-16)13-7-21-9-23-13/h6-11H,2-5H2,1H3,(H,21,23)(H,22,25,26). The van der Waals surface area contributed by atoms with Crippen LogP contribution in [0.5, 0.6) is 0 Å². The molecule has 1 fully saturated rings. The summed E-state index contributed by atoms with van der Waals surface area (Å²) in [6.07, 6.45) is 2.41. The summed E-state index contributed by atoms with van der Waals surface area (Å²) in [7, 11) is -2.01. The highest BCUT2D eigenvalue weighted by Gasteiger charge is 2.36. The van der Waals surface area contributed by atoms with Crippen molar-refractivity contribution in [2.75, 3.05) is 18.4 Å². The molecule has 0 amide bonds. The fourth-order valence-corrected chi connectivity index (χ4v) is 4.76. The molecule has 0 unspecified atom stereocenters. The van der Waals surface area contributed by atoms with Crippen LogP contribution in [0.25, 0.3) is 11.4 Å². The van der Waals surface area contributed by atoms with Crippen molar-refractivity contribution in [3.05, 3.63) is 36.8 Å². The van der Waals surface area contributed by atoms with Gasteiger partial charge < -0.3 is 14.9 Å². The second-order valence-corrected chi connectivity index (χ2v) is 8.99. The number of rotatable bonds is 5. The van der Waals surface area contributed by atoms with Gasteiger partial charge in [0.05, 0.1) is 12.7 Å². The number of imidazole rings is 2. The van der Waals surface area contributed by atoms with E-state index in [1.807, 2.05) is 0 Å². The molecule has 0 bridgehead atoms. The molecule has 2 N–H and O–H groups in total. The van der Waals surface area contributed by atoms with Gasteiger partial charge in [0.15, 0.2) is 5.03 Å². The van der Waals surface area contributed by atoms with Crippen LogP contribution in [0.15, 0.2) is 36.3 Å². The summed E-state index contributed by atoms with van der Waals surface area (Å²) in [6.45, 7) is 0.479. The molecule has 0 saturated carbocycles. The molecule has 0 radical (unpaired) electrons. The van der Waals surface area contributed by atoms with Crippen LogP contribution in [0.2, 0.25) is 0 Å². The van der Waals surface area contributed by atoms with Gasteiger partial charge in [-0.25, -0.2) is 28.4 Å². The van der Waals surface area contributed by atoms with E-state index in [1.54, 1.807) is 11.6 Å². The number of H-pyrrole nitrogens is 1. The first kappa shape index (κ1) is 21.2. The number of anilines is 1. The third-order valence-electron chi connectivity index (χ3n) is 4.91. The van der Waals surface area contributed by atoms with E-state index in [4.69, 9.17) is 0 Å². The smallest absolute Gasteiger partial charge is 0.351 e. The van der Waals surface area contributed by atoms with Crippen molar-refractivity contribution in [2.45, 2.75) is 30.1 Å². The lowest BCUT2D eigenvalue weighted by atomic mass is 10.1. The molecule has 10 nitrogen and oxygen atoms in total. The topological polar surface area (TPSA) is 122 Å². The maximum atomic E-state index is 13.3. The van der Waals surface area contributed by atoms with Crippen LogP contribution in [0.1, 0.15) is 18.4 Å². The first-order valence-corrected chi connectivity index (χ1v) is 10.8. The van der Waals surface area contributed by atoms with Crippen LogP contribution in [0, 0.1) is 0 Å². The van der Waals surface area contributed by atoms with Crippen molar-refractivity contribution < 1.29 is 21.6 Å². The Morgan fingerprint density at radius 2 is 1.94 bits per heavy atom. The highest BCUT2D eigenvalue weighted by Crippen LogP contribution is 2.35. The number of hydrogen-bond acceptors (Lipinski definition) is 7. The first-order chi connectivity index (χ1) is 14.6. The molecule has 1 saturated heterocycles. The number of aromatic nitrogens is 6. The normalized spacial score (nSPS) is 16.5. The molecule has 0 aliphatic carbocycles. The zero-order valence-corrected chi connectivity index (χ0v) is 17.2. The van der Waals surface area contributed by atoms with Crippen LogP contribution < -0.4 is 5.32 Å². The van der Waals surface area contributed by atoms with E-state index in [-0.39, 0.29) is 41.5 Å². The van der Waals surface area contributed by atoms with E-state index in [9.17, 15) is 21.6 Å². The molecule has 166 valence electrons. The van der Waals surface area contributed by atoms with Gasteiger partial charge in [-0.1, -0.05) is 0 Å². The Bertz CT molecular complexity index is 1150. The molecule has 14 heteroatoms. The molecule has 0 aromatic carbocycles. The average Bonchev–Trinajstić information content (AvgIpc) is 3.40. The largest absolute Gasteiger partial charge is 0.420 e. The quantitative estimate of drug-likeness (QED) is 0.601. The Morgan fingerprint density at radius 1 is 1.19 bits per heavy atom. The predicted octanol–water partition coefficient (Wildman–Crippen LogP) is 1.88. The SMILES string of the molecule is Cn1cnc(S(=O)(=O)N2CCC(Nc3ncc(C(F)(F)F)c(-c4c[nH]cn4)n3)CC2)c1. The third-order valence-corrected chi connectivity index (χ3v) is 6.69. The maximum Gasteiger partial charge on any atom is 0.420 e. The van der Waals surface area contributed by atoms with Gasteiger partial charge in [-0.15, -0.1) is 0 Å². The molecule has 3 aromatic rings. The highest BCUT2D eigenvalue weighted by atomic mass is 32.2. The monoisotopic (exact) mass is 456 g/mol. The second kappa shape index (κ2) is 7.92. The lowest BCUT2D eigenvalue weighted by Crippen LogP contribution is -2.42. The van der Waals surface area contributed by atoms with Gasteiger partial charge >= 0.3 is 6.18 Å². The van der Waals surface area contributed by atoms with Crippen LogP contribution in [0.4, 0.5) is 19.1 Å². The number of nitrogens with zero attached hydrogens (tertiary/aromatic N) is 6. The summed E-state index contributed by atoms with van der Waals surface area (Å²) in [5.74, 6) is 0.0250. The third kappa shape index (κ3) is 4.39. The van der Waals surface area contributed by atoms with Crippen LogP contribution in [0.3, 0.4) is 0 Å². The Balaban J connectivity index is 1.47. The average molecular weight is 456 g/mol. The van der Waals surface area contributed by atoms with Crippen molar-refractivity contribution in [3.8, 4) is 11.4 Å². The van der Waals surface area contributed by atoms with E-state index in [2.05, 4.69) is 30.2 Å². The Morgan fingerprint density at radius 3 is 2.52 bits per heavy atom. The van der Waals surface area contributed by atoms with Gasteiger partial charge in [-0.3, -0.25) is 0 Å². The van der Waals surface area contributed by atoms with E-state index in [0.29, 0.717) is 12.8 Å². The van der Waals surface area contributed by atoms with E-state index >= 15 is 0 Å². The van der Waals surface area contributed by atoms with Crippen LogP contribution in [-0.2, 0) is 23.2 Å². The van der Waals surface area contributed by atoms with Crippen molar-refractivity contribution in [2.24, 2.45) is 7.05 Å². The lowest BCUT2D eigenvalue weighted by Gasteiger charge is -2.31. The molecule has 0 atom stereocenters. The molecule has 31 heavy (non-hydrogen) atoms. The number of piperidine rings is 1. The second-order valence-electron chi connectivity index (χ2n) is 7.11. The fourth-order valence-electron chi connectivity index (χ4n) is 3.32. The number of aromatic amines is 1. The van der Waals surface area contributed by atoms with Gasteiger partial charge in [0, 0.05) is 44.8 Å². The molecule has 1 aliphatic rings. The summed E-state index contributed by atoms with van der Waals surface area (Å²) in [6, 6.07) is -0.195. The Hall–Kier alpha value is -3.00. The summed E-state index contributed by atoms with van der Waals surface area (Å²) < 4.78 is 68.2. The van der Waals surface area contributed by atoms with E-state index in [0.717, 1.165) is 6.20 Å². The number of sulfonamides is 1. The zero-order valence-electron chi connectivity index (χ0n) is 16.3. The van der Waals surface area contributed by atoms with Gasteiger partial charge in [0.25, 0.3) is 10.0 Å². The van der Waals surface area contributed by atoms with E-state index in [1.165, 1.54) is 29.4 Å². The van der Waals surface area contributed by atoms with Crippen LogP contribution in [-0.4, -0.2) is 61.3 Å². The molecule has 3 aromatic heterocycles. The summed E-state index contributed by atoms with van der Waals surface area (Å²) >= 11 is 0. The summed E-state index contributed by atoms with van der Waals surface area (Å²) in [5.41, 5.74) is -1.27. The molecule has 4 heterocycles. The number of nitrogens with one attached hydrogen (secondary N) is 2. The molecular weight excluding hydrogens is 437 g/mol. The molecule has 1 aliphatic heterocycles. The minimum Gasteiger partial charge on any atom is -0.351 e. The zero-order chi connectivity index (χ0) is 22.2. The lowest BCUT2D eigenvalue weighted by molar-refractivity contribution is -0.137. The Kier molecular flexibility index (Phi) is 5.43. The molecule has 0 spiro atoms. The minimum absolute atomic E-state index is 0.0175. The molecule has 4 rings (SSSR count). The van der Waals surface area contributed by atoms with Crippen LogP contribution >= 0.6 is 0 Å². The van der Waals surface area contributed by atoms with Crippen molar-refractivity contribution >= 4 is 16.0 Å². The fraction of sp³-hybridized carbons (Fsp3) is 0.412. The van der Waals surface area contributed by atoms with Gasteiger partial charge in [-0.2, -0.15) is 17.5 Å². The summed E-state index contributed by atoms with van der Waals surface area (Å²) in [4.78, 5) is 18.2. The number of halogens is 3. The predicted molar refractivity (Wildman–Crippen MR) is 103 cm³/mol. The highest BCUT2D eigenvalue weighted by molar-refractivity contribution is 7.89. The van der Waals surface area contributed by atoms with Gasteiger partial charge in [0.2, 0.25) is 5.95 Å². The first-order valence-electron chi connectivity index (χ1n) is 9.32. The van der Waals surface area contributed by atoms with E-state index < -0.39 is 21.8 Å². The number of hydrogen-bond donors (Lipinski definition) is 2. The van der Waals surface area contributed by atoms with Crippen molar-refractivity contribution in [3.63, 3.8) is 0 Å². The maximum absolute atomic E-state index is 13.3. The van der Waals surface area contributed by atoms with Gasteiger partial charge in [-0.05, 0) is 12.8 Å². The van der Waals surface area contributed by atoms with Gasteiger partial charge in [0.1, 0.15) is 17.0 Å². The Labute approximate surface area is 175 Å². The number of alkyl halides is 3. The number of aryl methyl sites for hydroxylation is 1. The van der Waals surface area contributed by atoms with Crippen molar-refractivity contribution in [1.82, 2.24) is 33.8 Å². The van der Waals surface area contributed by atoms with Crippen molar-refractivity contribution in [1.29, 1.82) is 0 Å². The molecular formula is C17H19F3N8O2S. The minimum atomic E-state index is -4.63. The summed E-state index contributed by atoms with van der Waals surface area (Å²) in [5, 5.41) is 2.99.